The van der Waals surface area contributed by atoms with Crippen molar-refractivity contribution in [2.75, 3.05) is 0 Å². The van der Waals surface area contributed by atoms with Gasteiger partial charge in [-0.1, -0.05) is 6.58 Å². The third-order valence-electron chi connectivity index (χ3n) is 2.52. The molecule has 3 N–H and O–H groups in total. The van der Waals surface area contributed by atoms with E-state index >= 15 is 0 Å². The van der Waals surface area contributed by atoms with Crippen LogP contribution in [-0.4, -0.2) is 38.6 Å². The quantitative estimate of drug-likeness (QED) is 0.333. The van der Waals surface area contributed by atoms with Crippen LogP contribution in [0.3, 0.4) is 0 Å². The number of esters is 1. The van der Waals surface area contributed by atoms with Gasteiger partial charge < -0.3 is 19.6 Å². The minimum absolute atomic E-state index is 0.0621. The Balaban J connectivity index is 4.19. The largest absolute Gasteiger partial charge is 0.481 e. The third kappa shape index (κ3) is 8.53. The number of hydrogen-bond acceptors (Lipinski definition) is 4. The van der Waals surface area contributed by atoms with E-state index in [1.165, 1.54) is 0 Å². The molecule has 7 nitrogen and oxygen atoms in total. The van der Waals surface area contributed by atoms with Gasteiger partial charge in [0.1, 0.15) is 0 Å². The number of rotatable bonds is 9. The molecule has 0 aromatic rings. The Kier molecular flexibility index (Phi) is 7.59. The highest BCUT2D eigenvalue weighted by molar-refractivity contribution is 7.52. The minimum Gasteiger partial charge on any atom is -0.481 e. The maximum absolute atomic E-state index is 11.1. The van der Waals surface area contributed by atoms with Crippen molar-refractivity contribution in [3.8, 4) is 0 Å². The summed E-state index contributed by atoms with van der Waals surface area (Å²) in [7, 11) is -4.43. The second-order valence-electron chi connectivity index (χ2n) is 4.22. The van der Waals surface area contributed by atoms with E-state index in [0.717, 1.165) is 6.08 Å². The molecule has 0 fully saturated rings. The van der Waals surface area contributed by atoms with Crippen LogP contribution in [0.5, 0.6) is 0 Å². The van der Waals surface area contributed by atoms with Crippen LogP contribution >= 0.6 is 7.60 Å². The van der Waals surface area contributed by atoms with Gasteiger partial charge in [-0.25, -0.2) is 4.79 Å². The molecule has 2 atom stereocenters. The molecule has 0 rings (SSSR count). The van der Waals surface area contributed by atoms with Crippen molar-refractivity contribution in [3.63, 3.8) is 0 Å². The Hall–Kier alpha value is -1.17. The predicted octanol–water partition coefficient (Wildman–Crippen LogP) is 1.30. The summed E-state index contributed by atoms with van der Waals surface area (Å²) in [5.41, 5.74) is -1.20. The van der Waals surface area contributed by atoms with Crippen LogP contribution in [0.1, 0.15) is 32.6 Å². The number of carboxylic acids is 1. The molecule has 0 bridgehead atoms. The van der Waals surface area contributed by atoms with Crippen molar-refractivity contribution < 1.29 is 33.8 Å². The number of carbonyl (C=O) groups is 2. The Bertz CT molecular complexity index is 373. The van der Waals surface area contributed by atoms with Crippen LogP contribution in [0.2, 0.25) is 0 Å². The van der Waals surface area contributed by atoms with Crippen LogP contribution in [0.25, 0.3) is 0 Å². The van der Waals surface area contributed by atoms with E-state index in [2.05, 4.69) is 6.58 Å². The minimum atomic E-state index is -4.43. The van der Waals surface area contributed by atoms with E-state index < -0.39 is 37.7 Å². The molecule has 0 saturated heterocycles. The molecule has 0 heterocycles. The number of carboxylic acid groups (broad SMARTS) is 1. The van der Waals surface area contributed by atoms with Crippen molar-refractivity contribution in [1.29, 1.82) is 0 Å². The first kappa shape index (κ1) is 17.8. The summed E-state index contributed by atoms with van der Waals surface area (Å²) in [6.07, 6.45) is 0.856. The molecule has 0 radical (unpaired) electrons. The van der Waals surface area contributed by atoms with E-state index in [0.29, 0.717) is 12.8 Å². The van der Waals surface area contributed by atoms with Crippen molar-refractivity contribution in [3.05, 3.63) is 12.7 Å². The molecule has 0 aliphatic rings. The van der Waals surface area contributed by atoms with Crippen LogP contribution < -0.4 is 0 Å². The molecule has 0 aliphatic heterocycles. The van der Waals surface area contributed by atoms with Gasteiger partial charge in [-0.2, -0.15) is 0 Å². The Labute approximate surface area is 111 Å². The molecular formula is C11H19O7P. The molecule has 0 aromatic heterocycles. The third-order valence-corrected chi connectivity index (χ3v) is 3.91. The average Bonchev–Trinajstić information content (AvgIpc) is 2.25. The lowest BCUT2D eigenvalue weighted by molar-refractivity contribution is -0.142. The lowest BCUT2D eigenvalue weighted by Gasteiger charge is -2.17. The Morgan fingerprint density at radius 2 is 1.95 bits per heavy atom. The normalized spacial score (nSPS) is 14.5. The lowest BCUT2D eigenvalue weighted by Crippen LogP contribution is -2.17. The molecule has 0 amide bonds. The Morgan fingerprint density at radius 1 is 1.37 bits per heavy atom. The van der Waals surface area contributed by atoms with Crippen molar-refractivity contribution >= 4 is 19.5 Å². The second kappa shape index (κ2) is 8.09. The summed E-state index contributed by atoms with van der Waals surface area (Å²) < 4.78 is 16.0. The zero-order chi connectivity index (χ0) is 15.1. The van der Waals surface area contributed by atoms with E-state index in [9.17, 15) is 14.2 Å². The fourth-order valence-electron chi connectivity index (χ4n) is 1.54. The van der Waals surface area contributed by atoms with Crippen molar-refractivity contribution in [2.45, 2.75) is 44.4 Å². The summed E-state index contributed by atoms with van der Waals surface area (Å²) in [5.74, 6) is -1.82. The van der Waals surface area contributed by atoms with Gasteiger partial charge in [-0.3, -0.25) is 9.36 Å². The standard InChI is InChI=1S/C11H19O7P/c1-3-11(14)18-8(2)5-4-6-9(7-10(12)13)19(15,16)17/h3,8-9H,1,4-7H2,2H3,(H,12,13)(H2,15,16,17). The van der Waals surface area contributed by atoms with Crippen LogP contribution in [-0.2, 0) is 18.9 Å². The summed E-state index contributed by atoms with van der Waals surface area (Å²) >= 11 is 0. The smallest absolute Gasteiger partial charge is 0.330 e. The predicted molar refractivity (Wildman–Crippen MR) is 67.7 cm³/mol. The number of ether oxygens (including phenoxy) is 1. The summed E-state index contributed by atoms with van der Waals surface area (Å²) in [6.45, 7) is 4.89. The number of hydrogen-bond donors (Lipinski definition) is 3. The van der Waals surface area contributed by atoms with E-state index in [4.69, 9.17) is 19.6 Å². The summed E-state index contributed by atoms with van der Waals surface area (Å²) in [6, 6.07) is 0. The second-order valence-corrected chi connectivity index (χ2v) is 6.13. The molecule has 0 aromatic carbocycles. The lowest BCUT2D eigenvalue weighted by atomic mass is 10.1. The van der Waals surface area contributed by atoms with E-state index in [1.54, 1.807) is 6.92 Å². The summed E-state index contributed by atoms with van der Waals surface area (Å²) in [5, 5.41) is 8.58. The van der Waals surface area contributed by atoms with Gasteiger partial charge in [0.05, 0.1) is 18.2 Å². The van der Waals surface area contributed by atoms with Crippen LogP contribution in [0.15, 0.2) is 12.7 Å². The molecule has 2 unspecified atom stereocenters. The monoisotopic (exact) mass is 294 g/mol. The maximum atomic E-state index is 11.1. The molecule has 0 spiro atoms. The zero-order valence-corrected chi connectivity index (χ0v) is 11.6. The van der Waals surface area contributed by atoms with E-state index in [1.807, 2.05) is 0 Å². The zero-order valence-electron chi connectivity index (χ0n) is 10.7. The highest BCUT2D eigenvalue weighted by Gasteiger charge is 2.30. The molecule has 8 heteroatoms. The fraction of sp³-hybridized carbons (Fsp3) is 0.636. The van der Waals surface area contributed by atoms with Gasteiger partial charge >= 0.3 is 19.5 Å². The number of aliphatic carboxylic acids is 1. The fourth-order valence-corrected chi connectivity index (χ4v) is 2.45. The molecule has 0 saturated carbocycles. The van der Waals surface area contributed by atoms with Crippen LogP contribution in [0, 0.1) is 0 Å². The Morgan fingerprint density at radius 3 is 2.37 bits per heavy atom. The molecular weight excluding hydrogens is 275 g/mol. The van der Waals surface area contributed by atoms with Crippen molar-refractivity contribution in [1.82, 2.24) is 0 Å². The van der Waals surface area contributed by atoms with E-state index in [-0.39, 0.29) is 6.42 Å². The first-order valence-corrected chi connectivity index (χ1v) is 7.45. The van der Waals surface area contributed by atoms with Gasteiger partial charge in [0.15, 0.2) is 0 Å². The van der Waals surface area contributed by atoms with Gasteiger partial charge in [0.2, 0.25) is 0 Å². The van der Waals surface area contributed by atoms with Gasteiger partial charge in [-0.15, -0.1) is 0 Å². The molecule has 0 aliphatic carbocycles. The van der Waals surface area contributed by atoms with Crippen LogP contribution in [0.4, 0.5) is 0 Å². The highest BCUT2D eigenvalue weighted by atomic mass is 31.2. The average molecular weight is 294 g/mol. The maximum Gasteiger partial charge on any atom is 0.330 e. The van der Waals surface area contributed by atoms with Crippen molar-refractivity contribution in [2.24, 2.45) is 0 Å². The first-order chi connectivity index (χ1) is 8.66. The first-order valence-electron chi connectivity index (χ1n) is 5.77. The molecule has 19 heavy (non-hydrogen) atoms. The summed E-state index contributed by atoms with van der Waals surface area (Å²) in [4.78, 5) is 39.4. The molecule has 110 valence electrons. The highest BCUT2D eigenvalue weighted by Crippen LogP contribution is 2.45. The topological polar surface area (TPSA) is 121 Å². The van der Waals surface area contributed by atoms with Gasteiger partial charge in [0.25, 0.3) is 0 Å². The van der Waals surface area contributed by atoms with Gasteiger partial charge in [-0.05, 0) is 26.2 Å². The van der Waals surface area contributed by atoms with Gasteiger partial charge in [0, 0.05) is 6.08 Å². The SMILES string of the molecule is C=CC(=O)OC(C)CCCC(CC(=O)O)P(=O)(O)O. The number of carbonyl (C=O) groups excluding carboxylic acids is 1.